The van der Waals surface area contributed by atoms with Gasteiger partial charge < -0.3 is 4.90 Å². The monoisotopic (exact) mass is 378 g/mol. The Balaban J connectivity index is 0.00000182. The van der Waals surface area contributed by atoms with Gasteiger partial charge in [0.2, 0.25) is 0 Å². The van der Waals surface area contributed by atoms with E-state index in [9.17, 15) is 4.79 Å². The van der Waals surface area contributed by atoms with Gasteiger partial charge in [0, 0.05) is 37.1 Å². The Hall–Kier alpha value is -2.38. The molecule has 130 valence electrons. The third kappa shape index (κ3) is 3.38. The Bertz CT molecular complexity index is 915. The zero-order valence-corrected chi connectivity index (χ0v) is 14.8. The predicted octanol–water partition coefficient (Wildman–Crippen LogP) is 2.69. The molecular formula is C16H16Cl2N6O. The molecule has 0 aromatic carbocycles. The Labute approximate surface area is 155 Å². The van der Waals surface area contributed by atoms with Crippen molar-refractivity contribution < 1.29 is 0 Å². The van der Waals surface area contributed by atoms with Crippen LogP contribution in [0, 0.1) is 0 Å². The van der Waals surface area contributed by atoms with Crippen LogP contribution in [0.15, 0.2) is 41.7 Å². The van der Waals surface area contributed by atoms with Gasteiger partial charge in [0.05, 0.1) is 5.56 Å². The topological polar surface area (TPSA) is 79.7 Å². The Kier molecular flexibility index (Phi) is 5.06. The van der Waals surface area contributed by atoms with Crippen molar-refractivity contribution in [1.82, 2.24) is 24.7 Å². The number of hydrogen-bond donors (Lipinski definition) is 1. The minimum atomic E-state index is -0.190. The standard InChI is InChI=1S/C16H15ClN6O.ClH/c17-13-4-3-11(8-18-13)12-9-21-23(16(12)24)15-7-14(19-10-20-15)22-5-1-2-6-22;/h3-4,7-10,21H,1-2,5-6H2;1H. The molecule has 3 aromatic rings. The van der Waals surface area contributed by atoms with Crippen LogP contribution in [0.4, 0.5) is 5.82 Å². The van der Waals surface area contributed by atoms with Crippen molar-refractivity contribution in [2.45, 2.75) is 12.8 Å². The van der Waals surface area contributed by atoms with Crippen molar-refractivity contribution in [2.24, 2.45) is 0 Å². The van der Waals surface area contributed by atoms with Crippen LogP contribution in [0.25, 0.3) is 16.9 Å². The molecule has 0 bridgehead atoms. The average Bonchev–Trinajstić information content (AvgIpc) is 3.26. The van der Waals surface area contributed by atoms with E-state index in [-0.39, 0.29) is 18.0 Å². The fourth-order valence-corrected chi connectivity index (χ4v) is 2.97. The van der Waals surface area contributed by atoms with E-state index in [2.05, 4.69) is 25.0 Å². The number of pyridine rings is 1. The first-order valence-electron chi connectivity index (χ1n) is 7.72. The Morgan fingerprint density at radius 3 is 2.56 bits per heavy atom. The minimum Gasteiger partial charge on any atom is -0.356 e. The molecular weight excluding hydrogens is 363 g/mol. The van der Waals surface area contributed by atoms with Crippen LogP contribution in [-0.4, -0.2) is 37.8 Å². The fourth-order valence-electron chi connectivity index (χ4n) is 2.86. The molecule has 0 radical (unpaired) electrons. The summed E-state index contributed by atoms with van der Waals surface area (Å²) in [5.74, 6) is 1.36. The molecule has 4 heterocycles. The first-order valence-corrected chi connectivity index (χ1v) is 8.10. The molecule has 0 atom stereocenters. The second-order valence-corrected chi connectivity index (χ2v) is 6.01. The summed E-state index contributed by atoms with van der Waals surface area (Å²) in [6, 6.07) is 5.25. The molecule has 25 heavy (non-hydrogen) atoms. The highest BCUT2D eigenvalue weighted by Gasteiger charge is 2.16. The van der Waals surface area contributed by atoms with Crippen molar-refractivity contribution in [3.05, 3.63) is 52.4 Å². The summed E-state index contributed by atoms with van der Waals surface area (Å²) >= 11 is 5.80. The Morgan fingerprint density at radius 2 is 1.84 bits per heavy atom. The molecule has 1 fully saturated rings. The van der Waals surface area contributed by atoms with Crippen molar-refractivity contribution >= 4 is 29.8 Å². The third-order valence-corrected chi connectivity index (χ3v) is 4.33. The predicted molar refractivity (Wildman–Crippen MR) is 98.9 cm³/mol. The minimum absolute atomic E-state index is 0. The van der Waals surface area contributed by atoms with Gasteiger partial charge in [-0.3, -0.25) is 9.89 Å². The van der Waals surface area contributed by atoms with E-state index < -0.39 is 0 Å². The van der Waals surface area contributed by atoms with Gasteiger partial charge in [-0.05, 0) is 25.0 Å². The summed E-state index contributed by atoms with van der Waals surface area (Å²) in [4.78, 5) is 27.4. The van der Waals surface area contributed by atoms with Crippen LogP contribution in [0.1, 0.15) is 12.8 Å². The van der Waals surface area contributed by atoms with Gasteiger partial charge >= 0.3 is 0 Å². The SMILES string of the molecule is Cl.O=c1c(-c2ccc(Cl)nc2)c[nH]n1-c1cc(N2CCCC2)ncn1. The van der Waals surface area contributed by atoms with Gasteiger partial charge in [0.15, 0.2) is 5.82 Å². The molecule has 4 rings (SSSR count). The normalized spacial score (nSPS) is 13.7. The van der Waals surface area contributed by atoms with Crippen LogP contribution in [-0.2, 0) is 0 Å². The summed E-state index contributed by atoms with van der Waals surface area (Å²) in [6.07, 6.45) is 7.03. The van der Waals surface area contributed by atoms with Gasteiger partial charge in [-0.1, -0.05) is 11.6 Å². The molecule has 1 N–H and O–H groups in total. The van der Waals surface area contributed by atoms with Crippen LogP contribution in [0.5, 0.6) is 0 Å². The molecule has 0 amide bonds. The maximum atomic E-state index is 12.7. The highest BCUT2D eigenvalue weighted by Crippen LogP contribution is 2.20. The van der Waals surface area contributed by atoms with E-state index in [1.807, 2.05) is 6.07 Å². The lowest BCUT2D eigenvalue weighted by molar-refractivity contribution is 0.806. The lowest BCUT2D eigenvalue weighted by atomic mass is 10.2. The van der Waals surface area contributed by atoms with E-state index in [4.69, 9.17) is 11.6 Å². The van der Waals surface area contributed by atoms with Gasteiger partial charge in [-0.25, -0.2) is 19.6 Å². The molecule has 0 saturated carbocycles. The Morgan fingerprint density at radius 1 is 1.08 bits per heavy atom. The number of nitrogens with one attached hydrogen (secondary N) is 1. The zero-order valence-electron chi connectivity index (χ0n) is 13.2. The highest BCUT2D eigenvalue weighted by atomic mass is 35.5. The maximum absolute atomic E-state index is 12.7. The summed E-state index contributed by atoms with van der Waals surface area (Å²) in [5.41, 5.74) is 1.03. The van der Waals surface area contributed by atoms with Crippen LogP contribution < -0.4 is 10.5 Å². The summed E-state index contributed by atoms with van der Waals surface area (Å²) in [5, 5.41) is 3.35. The van der Waals surface area contributed by atoms with E-state index in [1.54, 1.807) is 24.5 Å². The number of aromatic nitrogens is 5. The van der Waals surface area contributed by atoms with Crippen molar-refractivity contribution in [1.29, 1.82) is 0 Å². The first-order chi connectivity index (χ1) is 11.7. The molecule has 0 unspecified atom stereocenters. The molecule has 1 aliphatic rings. The van der Waals surface area contributed by atoms with Gasteiger partial charge in [0.1, 0.15) is 17.3 Å². The highest BCUT2D eigenvalue weighted by molar-refractivity contribution is 6.29. The molecule has 9 heteroatoms. The summed E-state index contributed by atoms with van der Waals surface area (Å²) in [7, 11) is 0. The number of anilines is 1. The number of hydrogen-bond acceptors (Lipinski definition) is 5. The van der Waals surface area contributed by atoms with Crippen LogP contribution in [0.2, 0.25) is 5.15 Å². The second kappa shape index (κ2) is 7.25. The van der Waals surface area contributed by atoms with E-state index in [1.165, 1.54) is 11.0 Å². The van der Waals surface area contributed by atoms with Crippen LogP contribution in [0.3, 0.4) is 0 Å². The van der Waals surface area contributed by atoms with Crippen molar-refractivity contribution in [3.63, 3.8) is 0 Å². The maximum Gasteiger partial charge on any atom is 0.280 e. The van der Waals surface area contributed by atoms with Crippen molar-refractivity contribution in [2.75, 3.05) is 18.0 Å². The average molecular weight is 379 g/mol. The fraction of sp³-hybridized carbons (Fsp3) is 0.250. The molecule has 7 nitrogen and oxygen atoms in total. The lowest BCUT2D eigenvalue weighted by Crippen LogP contribution is -2.21. The zero-order chi connectivity index (χ0) is 16.5. The quantitative estimate of drug-likeness (QED) is 0.708. The van der Waals surface area contributed by atoms with Gasteiger partial charge in [-0.15, -0.1) is 12.4 Å². The molecule has 0 aliphatic carbocycles. The van der Waals surface area contributed by atoms with Gasteiger partial charge in [0.25, 0.3) is 5.56 Å². The molecule has 0 spiro atoms. The lowest BCUT2D eigenvalue weighted by Gasteiger charge is -2.16. The number of H-pyrrole nitrogens is 1. The van der Waals surface area contributed by atoms with E-state index in [0.29, 0.717) is 22.1 Å². The number of nitrogens with zero attached hydrogens (tertiary/aromatic N) is 5. The van der Waals surface area contributed by atoms with Crippen molar-refractivity contribution in [3.8, 4) is 16.9 Å². The van der Waals surface area contributed by atoms with Gasteiger partial charge in [-0.2, -0.15) is 0 Å². The summed E-state index contributed by atoms with van der Waals surface area (Å²) in [6.45, 7) is 1.97. The number of rotatable bonds is 3. The second-order valence-electron chi connectivity index (χ2n) is 5.63. The molecule has 3 aromatic heterocycles. The molecule has 1 aliphatic heterocycles. The first kappa shape index (κ1) is 17.4. The smallest absolute Gasteiger partial charge is 0.280 e. The number of halogens is 2. The van der Waals surface area contributed by atoms with E-state index in [0.717, 1.165) is 31.7 Å². The van der Waals surface area contributed by atoms with Crippen LogP contribution >= 0.6 is 24.0 Å². The third-order valence-electron chi connectivity index (χ3n) is 4.11. The van der Waals surface area contributed by atoms with E-state index >= 15 is 0 Å². The molecule has 1 saturated heterocycles. The largest absolute Gasteiger partial charge is 0.356 e. The summed E-state index contributed by atoms with van der Waals surface area (Å²) < 4.78 is 1.41. The number of aromatic amines is 1.